The lowest BCUT2D eigenvalue weighted by molar-refractivity contribution is 0.0687. The van der Waals surface area contributed by atoms with Crippen molar-refractivity contribution in [3.8, 4) is 0 Å². The van der Waals surface area contributed by atoms with Crippen molar-refractivity contribution in [2.24, 2.45) is 0 Å². The van der Waals surface area contributed by atoms with Crippen LogP contribution >= 0.6 is 0 Å². The van der Waals surface area contributed by atoms with Gasteiger partial charge in [0.2, 0.25) is 0 Å². The van der Waals surface area contributed by atoms with Crippen molar-refractivity contribution >= 4 is 17.3 Å². The number of carboxylic acid groups (broad SMARTS) is 1. The maximum atomic E-state index is 11.1. The number of aromatic carboxylic acids is 1. The Morgan fingerprint density at radius 2 is 2.31 bits per heavy atom. The van der Waals surface area contributed by atoms with Crippen LogP contribution in [0.4, 0.5) is 5.69 Å². The third kappa shape index (κ3) is 1.23. The molecule has 6 nitrogen and oxygen atoms in total. The molecule has 0 spiro atoms. The smallest absolute Gasteiger partial charge is 0.354 e. The first-order valence-corrected chi connectivity index (χ1v) is 5.04. The summed E-state index contributed by atoms with van der Waals surface area (Å²) in [6.45, 7) is 0. The molecule has 0 unspecified atom stereocenters. The predicted molar refractivity (Wildman–Crippen MR) is 56.3 cm³/mol. The van der Waals surface area contributed by atoms with Gasteiger partial charge in [0.25, 0.3) is 0 Å². The molecule has 0 aromatic carbocycles. The van der Waals surface area contributed by atoms with E-state index in [4.69, 9.17) is 10.8 Å². The summed E-state index contributed by atoms with van der Waals surface area (Å²) in [6.07, 6.45) is 3.55. The molecule has 2 heterocycles. The van der Waals surface area contributed by atoms with Crippen molar-refractivity contribution in [2.75, 3.05) is 5.73 Å². The molecule has 1 aliphatic rings. The summed E-state index contributed by atoms with van der Waals surface area (Å²) in [7, 11) is 0. The van der Waals surface area contributed by atoms with Gasteiger partial charge in [-0.3, -0.25) is 0 Å². The molecule has 3 rings (SSSR count). The molecule has 1 saturated carbocycles. The lowest BCUT2D eigenvalue weighted by Gasteiger charge is -2.03. The number of carboxylic acids is 1. The van der Waals surface area contributed by atoms with E-state index in [0.29, 0.717) is 17.3 Å². The van der Waals surface area contributed by atoms with Crippen molar-refractivity contribution in [1.82, 2.24) is 14.6 Å². The number of aromatic nitrogens is 3. The fourth-order valence-electron chi connectivity index (χ4n) is 1.74. The van der Waals surface area contributed by atoms with E-state index in [-0.39, 0.29) is 5.69 Å². The van der Waals surface area contributed by atoms with Crippen LogP contribution < -0.4 is 5.73 Å². The van der Waals surface area contributed by atoms with Gasteiger partial charge in [0.15, 0.2) is 11.3 Å². The number of hydrogen-bond acceptors (Lipinski definition) is 4. The second kappa shape index (κ2) is 2.94. The van der Waals surface area contributed by atoms with Gasteiger partial charge in [-0.15, -0.1) is 0 Å². The van der Waals surface area contributed by atoms with Crippen molar-refractivity contribution in [2.45, 2.75) is 18.8 Å². The summed E-state index contributed by atoms with van der Waals surface area (Å²) >= 11 is 0. The number of nitrogen functional groups attached to an aromatic ring is 1. The number of anilines is 1. The molecule has 2 aromatic heterocycles. The first kappa shape index (κ1) is 9.14. The summed E-state index contributed by atoms with van der Waals surface area (Å²) in [5.41, 5.74) is 7.45. The van der Waals surface area contributed by atoms with E-state index in [1.807, 2.05) is 0 Å². The van der Waals surface area contributed by atoms with Crippen LogP contribution in [0.5, 0.6) is 0 Å². The Kier molecular flexibility index (Phi) is 1.68. The fourth-order valence-corrected chi connectivity index (χ4v) is 1.74. The lowest BCUT2D eigenvalue weighted by atomic mass is 10.2. The Morgan fingerprint density at radius 3 is 2.94 bits per heavy atom. The third-order valence-corrected chi connectivity index (χ3v) is 2.73. The second-order valence-corrected chi connectivity index (χ2v) is 3.98. The largest absolute Gasteiger partial charge is 0.477 e. The number of fused-ring (bicyclic) bond motifs is 1. The quantitative estimate of drug-likeness (QED) is 0.780. The Labute approximate surface area is 90.7 Å². The molecule has 1 fully saturated rings. The molecule has 82 valence electrons. The van der Waals surface area contributed by atoms with Crippen LogP contribution in [-0.4, -0.2) is 25.7 Å². The minimum Gasteiger partial charge on any atom is -0.477 e. The van der Waals surface area contributed by atoms with Crippen LogP contribution in [-0.2, 0) is 0 Å². The van der Waals surface area contributed by atoms with Gasteiger partial charge in [0.05, 0.1) is 11.9 Å². The molecular weight excluding hydrogens is 208 g/mol. The second-order valence-electron chi connectivity index (χ2n) is 3.98. The number of rotatable bonds is 2. The molecule has 3 N–H and O–H groups in total. The first-order chi connectivity index (χ1) is 7.66. The Bertz CT molecular complexity index is 586. The van der Waals surface area contributed by atoms with Crippen molar-refractivity contribution < 1.29 is 9.90 Å². The minimum absolute atomic E-state index is 0.114. The Hall–Kier alpha value is -2.11. The maximum Gasteiger partial charge on any atom is 0.354 e. The average molecular weight is 218 g/mol. The monoisotopic (exact) mass is 218 g/mol. The topological polar surface area (TPSA) is 93.5 Å². The summed E-state index contributed by atoms with van der Waals surface area (Å²) < 4.78 is 1.27. The molecular formula is C10H10N4O2. The molecule has 16 heavy (non-hydrogen) atoms. The maximum absolute atomic E-state index is 11.1. The summed E-state index contributed by atoms with van der Waals surface area (Å²) in [6, 6.07) is 1.58. The van der Waals surface area contributed by atoms with Crippen LogP contribution in [0.25, 0.3) is 5.65 Å². The van der Waals surface area contributed by atoms with E-state index in [0.717, 1.165) is 18.5 Å². The van der Waals surface area contributed by atoms with Crippen molar-refractivity contribution in [3.05, 3.63) is 23.7 Å². The van der Waals surface area contributed by atoms with Gasteiger partial charge < -0.3 is 10.8 Å². The van der Waals surface area contributed by atoms with Gasteiger partial charge in [0.1, 0.15) is 0 Å². The molecule has 0 aliphatic heterocycles. The molecule has 6 heteroatoms. The minimum atomic E-state index is -1.02. The summed E-state index contributed by atoms with van der Waals surface area (Å²) in [5, 5.41) is 13.0. The highest BCUT2D eigenvalue weighted by molar-refractivity contribution is 5.87. The number of nitrogens with zero attached hydrogens (tertiary/aromatic N) is 3. The van der Waals surface area contributed by atoms with Gasteiger partial charge in [-0.05, 0) is 18.9 Å². The van der Waals surface area contributed by atoms with Crippen LogP contribution in [0, 0.1) is 0 Å². The van der Waals surface area contributed by atoms with E-state index in [1.165, 1.54) is 10.7 Å². The highest BCUT2D eigenvalue weighted by Crippen LogP contribution is 2.39. The summed E-state index contributed by atoms with van der Waals surface area (Å²) in [5.74, 6) is -0.630. The van der Waals surface area contributed by atoms with E-state index >= 15 is 0 Å². The van der Waals surface area contributed by atoms with Crippen LogP contribution in [0.15, 0.2) is 12.3 Å². The zero-order chi connectivity index (χ0) is 11.3. The van der Waals surface area contributed by atoms with Gasteiger partial charge in [-0.25, -0.2) is 14.3 Å². The molecule has 0 radical (unpaired) electrons. The van der Waals surface area contributed by atoms with Crippen LogP contribution in [0.1, 0.15) is 34.9 Å². The van der Waals surface area contributed by atoms with E-state index < -0.39 is 5.97 Å². The molecule has 0 atom stereocenters. The zero-order valence-corrected chi connectivity index (χ0v) is 8.42. The normalized spacial score (nSPS) is 15.5. The SMILES string of the molecule is Nc1cnn2c(C(=O)O)cc(C3CC3)nc12. The van der Waals surface area contributed by atoms with Gasteiger partial charge >= 0.3 is 5.97 Å². The highest BCUT2D eigenvalue weighted by Gasteiger charge is 2.27. The third-order valence-electron chi connectivity index (χ3n) is 2.73. The molecule has 0 saturated heterocycles. The van der Waals surface area contributed by atoms with E-state index in [2.05, 4.69) is 10.1 Å². The van der Waals surface area contributed by atoms with E-state index in [1.54, 1.807) is 6.07 Å². The van der Waals surface area contributed by atoms with Gasteiger partial charge in [0, 0.05) is 11.6 Å². The van der Waals surface area contributed by atoms with Gasteiger partial charge in [-0.1, -0.05) is 0 Å². The fraction of sp³-hybridized carbons (Fsp3) is 0.300. The number of nitrogens with two attached hydrogens (primary N) is 1. The molecule has 0 bridgehead atoms. The van der Waals surface area contributed by atoms with Crippen molar-refractivity contribution in [3.63, 3.8) is 0 Å². The van der Waals surface area contributed by atoms with Crippen LogP contribution in [0.2, 0.25) is 0 Å². The number of hydrogen-bond donors (Lipinski definition) is 2. The molecule has 0 amide bonds. The zero-order valence-electron chi connectivity index (χ0n) is 8.42. The van der Waals surface area contributed by atoms with Crippen LogP contribution in [0.3, 0.4) is 0 Å². The van der Waals surface area contributed by atoms with Crippen molar-refractivity contribution in [1.29, 1.82) is 0 Å². The lowest BCUT2D eigenvalue weighted by Crippen LogP contribution is -2.09. The average Bonchev–Trinajstić information content (AvgIpc) is 3.03. The number of carbonyl (C=O) groups is 1. The summed E-state index contributed by atoms with van der Waals surface area (Å²) in [4.78, 5) is 15.4. The highest BCUT2D eigenvalue weighted by atomic mass is 16.4. The predicted octanol–water partition coefficient (Wildman–Crippen LogP) is 0.887. The molecule has 2 aromatic rings. The molecule has 1 aliphatic carbocycles. The first-order valence-electron chi connectivity index (χ1n) is 5.04. The Morgan fingerprint density at radius 1 is 1.56 bits per heavy atom. The van der Waals surface area contributed by atoms with E-state index in [9.17, 15) is 4.79 Å². The Balaban J connectivity index is 2.32. The van der Waals surface area contributed by atoms with Gasteiger partial charge in [-0.2, -0.15) is 5.10 Å². The standard InChI is InChI=1S/C10H10N4O2/c11-6-4-12-14-8(10(15)16)3-7(5-1-2-5)13-9(6)14/h3-5H,1-2,11H2,(H,15,16).